The second-order valence-corrected chi connectivity index (χ2v) is 4.50. The van der Waals surface area contributed by atoms with Crippen LogP contribution in [-0.4, -0.2) is 24.4 Å². The summed E-state index contributed by atoms with van der Waals surface area (Å²) < 4.78 is 5.40. The number of carbonyl (C=O) groups is 1. The number of ether oxygens (including phenoxy) is 1. The first-order chi connectivity index (χ1) is 8.15. The van der Waals surface area contributed by atoms with Crippen molar-refractivity contribution >= 4 is 17.5 Å². The molecule has 0 radical (unpaired) electrons. The molecular formula is C13H18ClNO2. The number of hydrogen-bond donors (Lipinski definition) is 1. The second kappa shape index (κ2) is 7.17. The van der Waals surface area contributed by atoms with Crippen LogP contribution >= 0.6 is 11.6 Å². The Morgan fingerprint density at radius 3 is 2.82 bits per heavy atom. The minimum atomic E-state index is -0.119. The zero-order valence-corrected chi connectivity index (χ0v) is 11.0. The molecule has 0 aromatic heterocycles. The fourth-order valence-electron chi connectivity index (χ4n) is 1.42. The van der Waals surface area contributed by atoms with Crippen molar-refractivity contribution in [1.82, 2.24) is 5.32 Å². The lowest BCUT2D eigenvalue weighted by Crippen LogP contribution is -2.26. The third kappa shape index (κ3) is 4.65. The van der Waals surface area contributed by atoms with Gasteiger partial charge in [0.25, 0.3) is 5.91 Å². The Bertz CT molecular complexity index is 366. The van der Waals surface area contributed by atoms with Crippen molar-refractivity contribution in [3.63, 3.8) is 0 Å². The third-order valence-electron chi connectivity index (χ3n) is 2.26. The van der Waals surface area contributed by atoms with Crippen LogP contribution in [0.1, 0.15) is 30.6 Å². The zero-order valence-electron chi connectivity index (χ0n) is 10.2. The number of halogens is 1. The summed E-state index contributed by atoms with van der Waals surface area (Å²) in [7, 11) is 0. The largest absolute Gasteiger partial charge is 0.493 e. The number of amides is 1. The number of benzene rings is 1. The van der Waals surface area contributed by atoms with Crippen LogP contribution in [0, 0.1) is 0 Å². The Hall–Kier alpha value is -1.22. The molecule has 3 nitrogen and oxygen atoms in total. The summed E-state index contributed by atoms with van der Waals surface area (Å²) in [5.74, 6) is 0.498. The van der Waals surface area contributed by atoms with Gasteiger partial charge in [0.15, 0.2) is 0 Å². The van der Waals surface area contributed by atoms with Gasteiger partial charge < -0.3 is 10.1 Å². The van der Waals surface area contributed by atoms with Gasteiger partial charge >= 0.3 is 0 Å². The highest BCUT2D eigenvalue weighted by Crippen LogP contribution is 2.17. The van der Waals surface area contributed by atoms with Crippen molar-refractivity contribution in [2.45, 2.75) is 25.6 Å². The van der Waals surface area contributed by atoms with E-state index in [9.17, 15) is 4.79 Å². The number of para-hydroxylation sites is 1. The molecule has 0 saturated carbocycles. The number of alkyl halides is 1. The van der Waals surface area contributed by atoms with Crippen LogP contribution in [-0.2, 0) is 0 Å². The molecule has 0 spiro atoms. The molecule has 1 aromatic carbocycles. The predicted molar refractivity (Wildman–Crippen MR) is 69.9 cm³/mol. The van der Waals surface area contributed by atoms with E-state index >= 15 is 0 Å². The molecule has 1 aromatic rings. The van der Waals surface area contributed by atoms with Gasteiger partial charge in [0.1, 0.15) is 5.75 Å². The SMILES string of the molecule is CCOc1ccccc1C(=O)NCCC(C)Cl. The lowest BCUT2D eigenvalue weighted by atomic mass is 10.2. The average molecular weight is 256 g/mol. The highest BCUT2D eigenvalue weighted by molar-refractivity contribution is 6.20. The van der Waals surface area contributed by atoms with E-state index in [1.54, 1.807) is 12.1 Å². The van der Waals surface area contributed by atoms with E-state index < -0.39 is 0 Å². The van der Waals surface area contributed by atoms with Gasteiger partial charge in [-0.25, -0.2) is 0 Å². The molecule has 1 N–H and O–H groups in total. The van der Waals surface area contributed by atoms with Crippen LogP contribution in [0.2, 0.25) is 0 Å². The average Bonchev–Trinajstić information content (AvgIpc) is 2.29. The molecule has 0 saturated heterocycles. The fraction of sp³-hybridized carbons (Fsp3) is 0.462. The lowest BCUT2D eigenvalue weighted by molar-refractivity contribution is 0.0949. The van der Waals surface area contributed by atoms with Gasteiger partial charge in [0, 0.05) is 11.9 Å². The van der Waals surface area contributed by atoms with E-state index in [0.717, 1.165) is 6.42 Å². The molecule has 1 atom stereocenters. The molecule has 1 unspecified atom stereocenters. The highest BCUT2D eigenvalue weighted by Gasteiger charge is 2.11. The van der Waals surface area contributed by atoms with Gasteiger partial charge in [0.05, 0.1) is 12.2 Å². The van der Waals surface area contributed by atoms with Gasteiger partial charge in [-0.05, 0) is 32.4 Å². The predicted octanol–water partition coefficient (Wildman–Crippen LogP) is 2.83. The molecule has 1 rings (SSSR count). The fourth-order valence-corrected chi connectivity index (χ4v) is 1.52. The summed E-state index contributed by atoms with van der Waals surface area (Å²) in [5, 5.41) is 2.89. The molecule has 4 heteroatoms. The van der Waals surface area contributed by atoms with Crippen molar-refractivity contribution in [2.75, 3.05) is 13.2 Å². The van der Waals surface area contributed by atoms with E-state index in [0.29, 0.717) is 24.5 Å². The molecule has 94 valence electrons. The van der Waals surface area contributed by atoms with Crippen molar-refractivity contribution in [2.24, 2.45) is 0 Å². The summed E-state index contributed by atoms with van der Waals surface area (Å²) in [4.78, 5) is 11.9. The van der Waals surface area contributed by atoms with Gasteiger partial charge in [-0.15, -0.1) is 11.6 Å². The third-order valence-corrected chi connectivity index (χ3v) is 2.48. The maximum Gasteiger partial charge on any atom is 0.255 e. The van der Waals surface area contributed by atoms with Crippen molar-refractivity contribution in [3.8, 4) is 5.75 Å². The number of rotatable bonds is 6. The molecule has 0 fully saturated rings. The van der Waals surface area contributed by atoms with Crippen LogP contribution in [0.25, 0.3) is 0 Å². The van der Waals surface area contributed by atoms with Gasteiger partial charge in [-0.2, -0.15) is 0 Å². The summed E-state index contributed by atoms with van der Waals surface area (Å²) in [6, 6.07) is 7.22. The highest BCUT2D eigenvalue weighted by atomic mass is 35.5. The molecule has 1 amide bonds. The first-order valence-electron chi connectivity index (χ1n) is 5.79. The van der Waals surface area contributed by atoms with E-state index in [1.165, 1.54) is 0 Å². The first-order valence-corrected chi connectivity index (χ1v) is 6.23. The van der Waals surface area contributed by atoms with Crippen molar-refractivity contribution in [1.29, 1.82) is 0 Å². The van der Waals surface area contributed by atoms with Crippen molar-refractivity contribution in [3.05, 3.63) is 29.8 Å². The summed E-state index contributed by atoms with van der Waals surface area (Å²) in [6.07, 6.45) is 0.754. The molecule has 0 aliphatic heterocycles. The molecule has 0 aliphatic rings. The standard InChI is InChI=1S/C13H18ClNO2/c1-3-17-12-7-5-4-6-11(12)13(16)15-9-8-10(2)14/h4-7,10H,3,8-9H2,1-2H3,(H,15,16). The van der Waals surface area contributed by atoms with Gasteiger partial charge in [-0.3, -0.25) is 4.79 Å². The summed E-state index contributed by atoms with van der Waals surface area (Å²) in [6.45, 7) is 4.92. The quantitative estimate of drug-likeness (QED) is 0.794. The van der Waals surface area contributed by atoms with Crippen LogP contribution in [0.4, 0.5) is 0 Å². The Labute approximate surface area is 107 Å². The van der Waals surface area contributed by atoms with Crippen molar-refractivity contribution < 1.29 is 9.53 Å². The second-order valence-electron chi connectivity index (χ2n) is 3.75. The maximum atomic E-state index is 11.9. The zero-order chi connectivity index (χ0) is 12.7. The molecule has 17 heavy (non-hydrogen) atoms. The first kappa shape index (κ1) is 13.8. The molecule has 0 heterocycles. The van der Waals surface area contributed by atoms with Crippen LogP contribution in [0.3, 0.4) is 0 Å². The molecule has 0 bridgehead atoms. The van der Waals surface area contributed by atoms with Crippen LogP contribution in [0.15, 0.2) is 24.3 Å². The Balaban J connectivity index is 2.61. The van der Waals surface area contributed by atoms with E-state index in [2.05, 4.69) is 5.32 Å². The molecular weight excluding hydrogens is 238 g/mol. The smallest absolute Gasteiger partial charge is 0.255 e. The van der Waals surface area contributed by atoms with E-state index in [1.807, 2.05) is 26.0 Å². The minimum Gasteiger partial charge on any atom is -0.493 e. The van der Waals surface area contributed by atoms with Gasteiger partial charge in [0.2, 0.25) is 0 Å². The Morgan fingerprint density at radius 1 is 1.47 bits per heavy atom. The maximum absolute atomic E-state index is 11.9. The topological polar surface area (TPSA) is 38.3 Å². The number of carbonyl (C=O) groups excluding carboxylic acids is 1. The van der Waals surface area contributed by atoms with E-state index in [4.69, 9.17) is 16.3 Å². The normalized spacial score (nSPS) is 11.9. The van der Waals surface area contributed by atoms with Crippen LogP contribution in [0.5, 0.6) is 5.75 Å². The number of nitrogens with one attached hydrogen (secondary N) is 1. The van der Waals surface area contributed by atoms with Gasteiger partial charge in [-0.1, -0.05) is 12.1 Å². The van der Waals surface area contributed by atoms with Crippen LogP contribution < -0.4 is 10.1 Å². The summed E-state index contributed by atoms with van der Waals surface area (Å²) >= 11 is 5.81. The minimum absolute atomic E-state index is 0.0671. The Morgan fingerprint density at radius 2 is 2.18 bits per heavy atom. The molecule has 0 aliphatic carbocycles. The number of hydrogen-bond acceptors (Lipinski definition) is 2. The monoisotopic (exact) mass is 255 g/mol. The summed E-state index contributed by atoms with van der Waals surface area (Å²) in [5.41, 5.74) is 0.566. The Kier molecular flexibility index (Phi) is 5.84. The lowest BCUT2D eigenvalue weighted by Gasteiger charge is -2.10. The van der Waals surface area contributed by atoms with E-state index in [-0.39, 0.29) is 11.3 Å².